The Morgan fingerprint density at radius 3 is 2.42 bits per heavy atom. The van der Waals surface area contributed by atoms with Crippen LogP contribution < -0.4 is 10.6 Å². The summed E-state index contributed by atoms with van der Waals surface area (Å²) in [6, 6.07) is 10.2. The first-order valence-electron chi connectivity index (χ1n) is 8.79. The van der Waals surface area contributed by atoms with Gasteiger partial charge in [-0.1, -0.05) is 37.3 Å². The highest BCUT2D eigenvalue weighted by Gasteiger charge is 2.35. The van der Waals surface area contributed by atoms with Gasteiger partial charge in [0.1, 0.15) is 0 Å². The summed E-state index contributed by atoms with van der Waals surface area (Å²) in [5.74, 6) is 0.267. The van der Waals surface area contributed by atoms with E-state index in [2.05, 4.69) is 48.7 Å². The SMILES string of the molecule is C[C@H](NC(=O)NCC1(N(C)C)CCOCC1)[C@H](C)c1ccccc1. The van der Waals surface area contributed by atoms with Crippen molar-refractivity contribution < 1.29 is 9.53 Å². The van der Waals surface area contributed by atoms with Crippen molar-refractivity contribution >= 4 is 6.03 Å². The zero-order valence-electron chi connectivity index (χ0n) is 15.3. The fourth-order valence-corrected chi connectivity index (χ4v) is 3.21. The van der Waals surface area contributed by atoms with Crippen molar-refractivity contribution in [1.29, 1.82) is 0 Å². The number of amides is 2. The first-order valence-corrected chi connectivity index (χ1v) is 8.79. The monoisotopic (exact) mass is 333 g/mol. The average Bonchev–Trinajstić information content (AvgIpc) is 2.60. The maximum atomic E-state index is 12.3. The minimum atomic E-state index is -0.0991. The second-order valence-corrected chi connectivity index (χ2v) is 7.05. The Balaban J connectivity index is 1.86. The molecule has 1 fully saturated rings. The van der Waals surface area contributed by atoms with Gasteiger partial charge in [0, 0.05) is 37.3 Å². The highest BCUT2D eigenvalue weighted by Crippen LogP contribution is 2.25. The molecule has 5 heteroatoms. The van der Waals surface area contributed by atoms with E-state index in [4.69, 9.17) is 4.74 Å². The van der Waals surface area contributed by atoms with Crippen LogP contribution in [0.3, 0.4) is 0 Å². The summed E-state index contributed by atoms with van der Waals surface area (Å²) in [6.45, 7) is 6.33. The molecule has 24 heavy (non-hydrogen) atoms. The number of hydrogen-bond donors (Lipinski definition) is 2. The summed E-state index contributed by atoms with van der Waals surface area (Å²) >= 11 is 0. The topological polar surface area (TPSA) is 53.6 Å². The van der Waals surface area contributed by atoms with Gasteiger partial charge in [-0.05, 0) is 39.4 Å². The molecule has 2 atom stereocenters. The van der Waals surface area contributed by atoms with Crippen LogP contribution in [-0.4, -0.2) is 56.4 Å². The zero-order valence-corrected chi connectivity index (χ0v) is 15.3. The maximum Gasteiger partial charge on any atom is 0.315 e. The molecule has 1 heterocycles. The first kappa shape index (κ1) is 18.7. The molecule has 2 amide bonds. The van der Waals surface area contributed by atoms with Crippen LogP contribution in [0.15, 0.2) is 30.3 Å². The van der Waals surface area contributed by atoms with Crippen molar-refractivity contribution in [2.45, 2.75) is 44.2 Å². The number of likely N-dealkylation sites (N-methyl/N-ethyl adjacent to an activating group) is 1. The maximum absolute atomic E-state index is 12.3. The number of carbonyl (C=O) groups is 1. The molecule has 1 aromatic rings. The van der Waals surface area contributed by atoms with Crippen LogP contribution in [-0.2, 0) is 4.74 Å². The molecule has 0 spiro atoms. The van der Waals surface area contributed by atoms with Gasteiger partial charge < -0.3 is 20.3 Å². The van der Waals surface area contributed by atoms with Crippen LogP contribution in [0.1, 0.15) is 38.2 Å². The molecule has 2 rings (SSSR count). The Labute approximate surface area is 145 Å². The van der Waals surface area contributed by atoms with Gasteiger partial charge in [-0.15, -0.1) is 0 Å². The zero-order chi connectivity index (χ0) is 17.6. The second kappa shape index (κ2) is 8.49. The van der Waals surface area contributed by atoms with E-state index in [9.17, 15) is 4.79 Å². The molecule has 0 saturated carbocycles. The van der Waals surface area contributed by atoms with Gasteiger partial charge in [-0.2, -0.15) is 0 Å². The van der Waals surface area contributed by atoms with Crippen LogP contribution in [0.4, 0.5) is 4.79 Å². The lowest BCUT2D eigenvalue weighted by atomic mass is 9.88. The lowest BCUT2D eigenvalue weighted by Crippen LogP contribution is -2.57. The van der Waals surface area contributed by atoms with Crippen molar-refractivity contribution in [2.24, 2.45) is 0 Å². The van der Waals surface area contributed by atoms with Gasteiger partial charge in [-0.3, -0.25) is 0 Å². The second-order valence-electron chi connectivity index (χ2n) is 7.05. The number of nitrogens with one attached hydrogen (secondary N) is 2. The van der Waals surface area contributed by atoms with Crippen molar-refractivity contribution in [3.8, 4) is 0 Å². The molecule has 0 bridgehead atoms. The van der Waals surface area contributed by atoms with E-state index in [1.165, 1.54) is 5.56 Å². The largest absolute Gasteiger partial charge is 0.381 e. The van der Waals surface area contributed by atoms with Crippen LogP contribution in [0, 0.1) is 0 Å². The molecule has 5 nitrogen and oxygen atoms in total. The average molecular weight is 333 g/mol. The van der Waals surface area contributed by atoms with Crippen molar-refractivity contribution in [3.05, 3.63) is 35.9 Å². The number of urea groups is 1. The molecule has 0 aromatic heterocycles. The van der Waals surface area contributed by atoms with Crippen LogP contribution in [0.2, 0.25) is 0 Å². The predicted molar refractivity (Wildman–Crippen MR) is 97.3 cm³/mol. The molecule has 0 aliphatic carbocycles. The minimum absolute atomic E-state index is 0.0100. The smallest absolute Gasteiger partial charge is 0.315 e. The summed E-state index contributed by atoms with van der Waals surface area (Å²) in [4.78, 5) is 14.5. The minimum Gasteiger partial charge on any atom is -0.381 e. The Morgan fingerprint density at radius 2 is 1.83 bits per heavy atom. The summed E-state index contributed by atoms with van der Waals surface area (Å²) in [5.41, 5.74) is 1.23. The first-order chi connectivity index (χ1) is 11.4. The van der Waals surface area contributed by atoms with Crippen LogP contribution in [0.25, 0.3) is 0 Å². The van der Waals surface area contributed by atoms with Crippen LogP contribution in [0.5, 0.6) is 0 Å². The quantitative estimate of drug-likeness (QED) is 0.841. The molecule has 1 aromatic carbocycles. The molecule has 0 unspecified atom stereocenters. The van der Waals surface area contributed by atoms with E-state index in [-0.39, 0.29) is 23.5 Å². The Bertz CT molecular complexity index is 513. The molecule has 2 N–H and O–H groups in total. The number of benzene rings is 1. The van der Waals surface area contributed by atoms with Crippen molar-refractivity contribution in [1.82, 2.24) is 15.5 Å². The third kappa shape index (κ3) is 4.71. The number of carbonyl (C=O) groups excluding carboxylic acids is 1. The van der Waals surface area contributed by atoms with Crippen molar-refractivity contribution in [2.75, 3.05) is 33.9 Å². The summed E-state index contributed by atoms with van der Waals surface area (Å²) in [6.07, 6.45) is 1.88. The molecule has 1 aliphatic rings. The lowest BCUT2D eigenvalue weighted by molar-refractivity contribution is -0.00575. The van der Waals surface area contributed by atoms with Crippen molar-refractivity contribution in [3.63, 3.8) is 0 Å². The van der Waals surface area contributed by atoms with Gasteiger partial charge in [0.15, 0.2) is 0 Å². The summed E-state index contributed by atoms with van der Waals surface area (Å²) < 4.78 is 5.47. The highest BCUT2D eigenvalue weighted by molar-refractivity contribution is 5.74. The Hall–Kier alpha value is -1.59. The van der Waals surface area contributed by atoms with Gasteiger partial charge >= 0.3 is 6.03 Å². The number of rotatable bonds is 6. The van der Waals surface area contributed by atoms with E-state index < -0.39 is 0 Å². The molecule has 1 aliphatic heterocycles. The normalized spacial score (nSPS) is 19.5. The molecule has 1 saturated heterocycles. The highest BCUT2D eigenvalue weighted by atomic mass is 16.5. The third-order valence-corrected chi connectivity index (χ3v) is 5.38. The molecule has 134 valence electrons. The summed E-state index contributed by atoms with van der Waals surface area (Å²) in [5, 5.41) is 6.14. The standard InChI is InChI=1S/C19H31N3O2/c1-15(17-8-6-5-7-9-17)16(2)21-18(23)20-14-19(22(3)4)10-12-24-13-11-19/h5-9,15-16H,10-14H2,1-4H3,(H2,20,21,23)/t15-,16-/m0/s1. The predicted octanol–water partition coefficient (Wildman–Crippen LogP) is 2.59. The van der Waals surface area contributed by atoms with E-state index in [1.54, 1.807) is 0 Å². The van der Waals surface area contributed by atoms with Gasteiger partial charge in [0.05, 0.1) is 0 Å². The van der Waals surface area contributed by atoms with Gasteiger partial charge in [0.2, 0.25) is 0 Å². The fourth-order valence-electron chi connectivity index (χ4n) is 3.21. The molecular formula is C19H31N3O2. The van der Waals surface area contributed by atoms with E-state index in [1.807, 2.05) is 25.1 Å². The lowest BCUT2D eigenvalue weighted by Gasteiger charge is -2.42. The fraction of sp³-hybridized carbons (Fsp3) is 0.632. The molecular weight excluding hydrogens is 302 g/mol. The van der Waals surface area contributed by atoms with Crippen LogP contribution >= 0.6 is 0 Å². The van der Waals surface area contributed by atoms with E-state index in [0.29, 0.717) is 6.54 Å². The Morgan fingerprint density at radius 1 is 1.21 bits per heavy atom. The van der Waals surface area contributed by atoms with Gasteiger partial charge in [-0.25, -0.2) is 4.79 Å². The van der Waals surface area contributed by atoms with E-state index in [0.717, 1.165) is 26.1 Å². The number of nitrogens with zero attached hydrogens (tertiary/aromatic N) is 1. The number of ether oxygens (including phenoxy) is 1. The van der Waals surface area contributed by atoms with Gasteiger partial charge in [0.25, 0.3) is 0 Å². The Kier molecular flexibility index (Phi) is 6.63. The summed E-state index contributed by atoms with van der Waals surface area (Å²) in [7, 11) is 4.15. The number of hydrogen-bond acceptors (Lipinski definition) is 3. The molecule has 0 radical (unpaired) electrons. The van der Waals surface area contributed by atoms with E-state index >= 15 is 0 Å². The third-order valence-electron chi connectivity index (χ3n) is 5.38.